The molecule has 1 aromatic rings. The first kappa shape index (κ1) is 17.6. The van der Waals surface area contributed by atoms with Crippen molar-refractivity contribution in [2.45, 2.75) is 38.6 Å². The smallest absolute Gasteiger partial charge is 0.220 e. The molecule has 0 aromatic heterocycles. The van der Waals surface area contributed by atoms with Crippen molar-refractivity contribution in [3.8, 4) is 0 Å². The third-order valence-corrected chi connectivity index (χ3v) is 4.87. The van der Waals surface area contributed by atoms with Crippen molar-refractivity contribution >= 4 is 29.1 Å². The molecule has 5 heteroatoms. The van der Waals surface area contributed by atoms with Gasteiger partial charge in [-0.3, -0.25) is 4.79 Å². The Balaban J connectivity index is 2.03. The molecule has 1 saturated heterocycles. The van der Waals surface area contributed by atoms with Crippen molar-refractivity contribution in [2.75, 3.05) is 20.1 Å². The highest BCUT2D eigenvalue weighted by Crippen LogP contribution is 2.34. The van der Waals surface area contributed by atoms with Crippen LogP contribution in [0.4, 0.5) is 0 Å². The molecule has 0 bridgehead atoms. The van der Waals surface area contributed by atoms with E-state index in [1.807, 2.05) is 19.9 Å². The molecule has 1 N–H and O–H groups in total. The van der Waals surface area contributed by atoms with Crippen LogP contribution in [-0.2, 0) is 10.3 Å². The van der Waals surface area contributed by atoms with Gasteiger partial charge < -0.3 is 10.2 Å². The van der Waals surface area contributed by atoms with E-state index in [9.17, 15) is 4.79 Å². The molecule has 22 heavy (non-hydrogen) atoms. The zero-order valence-corrected chi connectivity index (χ0v) is 15.0. The van der Waals surface area contributed by atoms with Gasteiger partial charge in [0.05, 0.1) is 5.54 Å². The molecule has 1 atom stereocenters. The van der Waals surface area contributed by atoms with Crippen molar-refractivity contribution in [3.05, 3.63) is 33.8 Å². The zero-order valence-electron chi connectivity index (χ0n) is 13.5. The maximum Gasteiger partial charge on any atom is 0.220 e. The van der Waals surface area contributed by atoms with Crippen LogP contribution < -0.4 is 5.32 Å². The topological polar surface area (TPSA) is 32.3 Å². The van der Waals surface area contributed by atoms with Crippen molar-refractivity contribution in [1.29, 1.82) is 0 Å². The van der Waals surface area contributed by atoms with Crippen molar-refractivity contribution in [1.82, 2.24) is 10.2 Å². The average molecular weight is 343 g/mol. The molecular weight excluding hydrogens is 319 g/mol. The number of carbonyl (C=O) groups is 1. The summed E-state index contributed by atoms with van der Waals surface area (Å²) in [6.45, 7) is 5.98. The summed E-state index contributed by atoms with van der Waals surface area (Å²) >= 11 is 12.5. The highest BCUT2D eigenvalue weighted by molar-refractivity contribution is 6.36. The Kier molecular flexibility index (Phi) is 5.76. The van der Waals surface area contributed by atoms with Gasteiger partial charge in [-0.2, -0.15) is 0 Å². The van der Waals surface area contributed by atoms with Gasteiger partial charge in [-0.05, 0) is 58.3 Å². The van der Waals surface area contributed by atoms with Gasteiger partial charge in [0, 0.05) is 28.6 Å². The highest BCUT2D eigenvalue weighted by Gasteiger charge is 2.29. The summed E-state index contributed by atoms with van der Waals surface area (Å²) in [6.07, 6.45) is 2.83. The molecule has 1 amide bonds. The van der Waals surface area contributed by atoms with Crippen LogP contribution in [0.25, 0.3) is 0 Å². The maximum absolute atomic E-state index is 12.4. The van der Waals surface area contributed by atoms with E-state index in [2.05, 4.69) is 17.3 Å². The minimum Gasteiger partial charge on any atom is -0.347 e. The Morgan fingerprint density at radius 1 is 1.36 bits per heavy atom. The molecular formula is C17H24Cl2N2O. The molecule has 1 aliphatic rings. The third-order valence-electron chi connectivity index (χ3n) is 4.24. The minimum atomic E-state index is -0.590. The number of likely N-dealkylation sites (tertiary alicyclic amines) is 1. The fourth-order valence-electron chi connectivity index (χ4n) is 3.26. The number of hydrogen-bond acceptors (Lipinski definition) is 2. The Morgan fingerprint density at radius 3 is 2.59 bits per heavy atom. The van der Waals surface area contributed by atoms with E-state index < -0.39 is 5.54 Å². The lowest BCUT2D eigenvalue weighted by atomic mass is 9.91. The van der Waals surface area contributed by atoms with Gasteiger partial charge in [0.1, 0.15) is 0 Å². The fourth-order valence-corrected chi connectivity index (χ4v) is 4.13. The Hall–Kier alpha value is -0.770. The Labute approximate surface area is 143 Å². The van der Waals surface area contributed by atoms with Gasteiger partial charge in [0.15, 0.2) is 0 Å². The molecule has 2 rings (SSSR count). The van der Waals surface area contributed by atoms with Gasteiger partial charge in [-0.25, -0.2) is 0 Å². The maximum atomic E-state index is 12.4. The minimum absolute atomic E-state index is 0.0567. The normalized spacial score (nSPS) is 20.0. The molecule has 0 spiro atoms. The van der Waals surface area contributed by atoms with Crippen LogP contribution in [0, 0.1) is 5.92 Å². The second-order valence-electron chi connectivity index (χ2n) is 6.74. The monoisotopic (exact) mass is 342 g/mol. The van der Waals surface area contributed by atoms with Crippen LogP contribution in [0.2, 0.25) is 10.0 Å². The average Bonchev–Trinajstić information content (AvgIpc) is 2.36. The Bertz CT molecular complexity index is 525. The number of benzene rings is 1. The number of piperidine rings is 1. The lowest BCUT2D eigenvalue weighted by Gasteiger charge is -2.32. The molecule has 0 radical (unpaired) electrons. The number of nitrogens with zero attached hydrogens (tertiary/aromatic N) is 1. The zero-order chi connectivity index (χ0) is 16.3. The second-order valence-corrected chi connectivity index (χ2v) is 7.56. The first-order valence-corrected chi connectivity index (χ1v) is 8.49. The summed E-state index contributed by atoms with van der Waals surface area (Å²) in [4.78, 5) is 14.7. The molecule has 1 aromatic carbocycles. The lowest BCUT2D eigenvalue weighted by molar-refractivity contribution is -0.124. The second kappa shape index (κ2) is 7.20. The molecule has 0 aliphatic carbocycles. The molecule has 0 saturated carbocycles. The number of hydrogen-bond donors (Lipinski definition) is 1. The highest BCUT2D eigenvalue weighted by atomic mass is 35.5. The van der Waals surface area contributed by atoms with E-state index in [-0.39, 0.29) is 5.91 Å². The van der Waals surface area contributed by atoms with Crippen LogP contribution >= 0.6 is 23.2 Å². The van der Waals surface area contributed by atoms with Gasteiger partial charge in [0.2, 0.25) is 5.91 Å². The van der Waals surface area contributed by atoms with Gasteiger partial charge in [0.25, 0.3) is 0 Å². The molecule has 3 nitrogen and oxygen atoms in total. The summed E-state index contributed by atoms with van der Waals surface area (Å²) in [5, 5.41) is 4.25. The summed E-state index contributed by atoms with van der Waals surface area (Å²) in [7, 11) is 2.11. The van der Waals surface area contributed by atoms with Crippen molar-refractivity contribution < 1.29 is 4.79 Å². The largest absolute Gasteiger partial charge is 0.347 e. The van der Waals surface area contributed by atoms with Crippen LogP contribution in [0.5, 0.6) is 0 Å². The lowest BCUT2D eigenvalue weighted by Crippen LogP contribution is -2.43. The van der Waals surface area contributed by atoms with Crippen molar-refractivity contribution in [3.63, 3.8) is 0 Å². The summed E-state index contributed by atoms with van der Waals surface area (Å²) in [5.74, 6) is 0.484. The number of rotatable bonds is 4. The summed E-state index contributed by atoms with van der Waals surface area (Å²) < 4.78 is 0. The van der Waals surface area contributed by atoms with E-state index in [0.29, 0.717) is 22.4 Å². The molecule has 0 unspecified atom stereocenters. The third kappa shape index (κ3) is 4.37. The van der Waals surface area contributed by atoms with Gasteiger partial charge in [-0.1, -0.05) is 29.3 Å². The van der Waals surface area contributed by atoms with Crippen molar-refractivity contribution in [2.24, 2.45) is 5.92 Å². The number of nitrogens with one attached hydrogen (secondary N) is 1. The number of halogens is 2. The van der Waals surface area contributed by atoms with Crippen LogP contribution in [0.3, 0.4) is 0 Å². The molecule has 122 valence electrons. The first-order chi connectivity index (χ1) is 10.3. The molecule has 1 fully saturated rings. The van der Waals surface area contributed by atoms with E-state index in [0.717, 1.165) is 31.5 Å². The molecule has 1 aliphatic heterocycles. The van der Waals surface area contributed by atoms with Gasteiger partial charge in [-0.15, -0.1) is 0 Å². The molecule has 1 heterocycles. The fraction of sp³-hybridized carbons (Fsp3) is 0.588. The van der Waals surface area contributed by atoms with E-state index in [4.69, 9.17) is 23.2 Å². The van der Waals surface area contributed by atoms with Crippen LogP contribution in [0.1, 0.15) is 38.7 Å². The SMILES string of the molecule is CN1CCC[C@@H](CC(=O)NC(C)(C)c2c(Cl)cccc2Cl)C1. The quantitative estimate of drug-likeness (QED) is 0.894. The summed E-state index contributed by atoms with van der Waals surface area (Å²) in [6, 6.07) is 5.41. The van der Waals surface area contributed by atoms with E-state index >= 15 is 0 Å². The van der Waals surface area contributed by atoms with Gasteiger partial charge >= 0.3 is 0 Å². The summed E-state index contributed by atoms with van der Waals surface area (Å²) in [5.41, 5.74) is 0.181. The predicted molar refractivity (Wildman–Crippen MR) is 92.5 cm³/mol. The first-order valence-electron chi connectivity index (χ1n) is 7.73. The standard InChI is InChI=1S/C17H24Cl2N2O/c1-17(2,16-13(18)7-4-8-14(16)19)20-15(22)10-12-6-5-9-21(3)11-12/h4,7-8,12H,5-6,9-11H2,1-3H3,(H,20,22)/t12-/m0/s1. The number of amides is 1. The van der Waals surface area contributed by atoms with Crippen LogP contribution in [-0.4, -0.2) is 30.9 Å². The van der Waals surface area contributed by atoms with E-state index in [1.54, 1.807) is 12.1 Å². The van der Waals surface area contributed by atoms with Crippen LogP contribution in [0.15, 0.2) is 18.2 Å². The Morgan fingerprint density at radius 2 is 2.00 bits per heavy atom. The predicted octanol–water partition coefficient (Wildman–Crippen LogP) is 4.08. The van der Waals surface area contributed by atoms with E-state index in [1.165, 1.54) is 0 Å². The number of carbonyl (C=O) groups excluding carboxylic acids is 1.